The van der Waals surface area contributed by atoms with E-state index in [9.17, 15) is 19.2 Å². The Hall–Kier alpha value is -3.88. The van der Waals surface area contributed by atoms with Gasteiger partial charge in [-0.1, -0.05) is 66.6 Å². The van der Waals surface area contributed by atoms with Gasteiger partial charge in [-0.05, 0) is 72.4 Å². The van der Waals surface area contributed by atoms with Crippen LogP contribution in [-0.4, -0.2) is 45.9 Å². The molecule has 0 radical (unpaired) electrons. The minimum atomic E-state index is -1.15. The van der Waals surface area contributed by atoms with Gasteiger partial charge in [-0.3, -0.25) is 14.4 Å². The normalized spacial score (nSPS) is 13.1. The van der Waals surface area contributed by atoms with Crippen molar-refractivity contribution in [1.82, 2.24) is 15.5 Å². The number of nitrogens with one attached hydrogen (secondary N) is 2. The Balaban J connectivity index is 2.62. The second kappa shape index (κ2) is 14.1. The van der Waals surface area contributed by atoms with E-state index in [1.807, 2.05) is 83.1 Å². The summed E-state index contributed by atoms with van der Waals surface area (Å²) in [7, 11) is 0. The standard InChI is InChI=1S/C32H46N4O5/c1-9-32(7,8)36(29(39)25(15-16-26(33)37)35-30(40)41-31(4,5)6)27(24-18-21(2)17-22(3)19-24)28(38)34-20-23-13-11-10-12-14-23/h10-14,17-19,25,27H,9,15-16,20H2,1-8H3,(H2,33,37)(H,34,38)(H,35,40). The predicted octanol–water partition coefficient (Wildman–Crippen LogP) is 4.84. The summed E-state index contributed by atoms with van der Waals surface area (Å²) >= 11 is 0. The first-order valence-corrected chi connectivity index (χ1v) is 14.0. The molecule has 0 aromatic heterocycles. The van der Waals surface area contributed by atoms with Crippen LogP contribution in [0.25, 0.3) is 0 Å². The van der Waals surface area contributed by atoms with Crippen molar-refractivity contribution in [2.24, 2.45) is 5.73 Å². The Morgan fingerprint density at radius 2 is 1.54 bits per heavy atom. The Bertz CT molecular complexity index is 1200. The number of rotatable bonds is 12. The summed E-state index contributed by atoms with van der Waals surface area (Å²) in [5.41, 5.74) is 7.25. The molecule has 0 bridgehead atoms. The molecule has 2 unspecified atom stereocenters. The van der Waals surface area contributed by atoms with E-state index in [2.05, 4.69) is 10.6 Å². The summed E-state index contributed by atoms with van der Waals surface area (Å²) in [5.74, 6) is -1.48. The maximum atomic E-state index is 14.4. The van der Waals surface area contributed by atoms with E-state index in [1.165, 1.54) is 4.90 Å². The minimum absolute atomic E-state index is 0.0467. The van der Waals surface area contributed by atoms with E-state index in [4.69, 9.17) is 10.5 Å². The SMILES string of the molecule is CCC(C)(C)N(C(=O)C(CCC(N)=O)NC(=O)OC(C)(C)C)C(C(=O)NCc1ccccc1)c1cc(C)cc(C)c1. The lowest BCUT2D eigenvalue weighted by Gasteiger charge is -2.44. The van der Waals surface area contributed by atoms with Crippen molar-refractivity contribution in [2.75, 3.05) is 0 Å². The van der Waals surface area contributed by atoms with Crippen LogP contribution in [0.2, 0.25) is 0 Å². The lowest BCUT2D eigenvalue weighted by Crippen LogP contribution is -2.59. The molecule has 0 spiro atoms. The molecule has 2 atom stereocenters. The molecule has 9 nitrogen and oxygen atoms in total. The number of ether oxygens (including phenoxy) is 1. The second-order valence-corrected chi connectivity index (χ2v) is 12.1. The highest BCUT2D eigenvalue weighted by Gasteiger charge is 2.43. The summed E-state index contributed by atoms with van der Waals surface area (Å²) in [6.45, 7) is 15.0. The largest absolute Gasteiger partial charge is 0.444 e. The molecule has 0 saturated carbocycles. The maximum Gasteiger partial charge on any atom is 0.408 e. The van der Waals surface area contributed by atoms with Gasteiger partial charge in [-0.15, -0.1) is 0 Å². The molecule has 9 heteroatoms. The topological polar surface area (TPSA) is 131 Å². The van der Waals surface area contributed by atoms with Crippen LogP contribution in [0.1, 0.15) is 89.1 Å². The van der Waals surface area contributed by atoms with Crippen LogP contribution in [0.5, 0.6) is 0 Å². The highest BCUT2D eigenvalue weighted by Crippen LogP contribution is 2.33. The van der Waals surface area contributed by atoms with Crippen molar-refractivity contribution in [2.45, 2.75) is 104 Å². The van der Waals surface area contributed by atoms with Crippen molar-refractivity contribution in [3.63, 3.8) is 0 Å². The number of alkyl carbamates (subject to hydrolysis) is 1. The molecular formula is C32H46N4O5. The van der Waals surface area contributed by atoms with Crippen molar-refractivity contribution >= 4 is 23.8 Å². The number of nitrogens with two attached hydrogens (primary N) is 1. The Morgan fingerprint density at radius 3 is 2.05 bits per heavy atom. The van der Waals surface area contributed by atoms with Gasteiger partial charge in [0.15, 0.2) is 0 Å². The van der Waals surface area contributed by atoms with E-state index in [0.29, 0.717) is 12.0 Å². The van der Waals surface area contributed by atoms with Gasteiger partial charge >= 0.3 is 6.09 Å². The van der Waals surface area contributed by atoms with E-state index in [1.54, 1.807) is 20.8 Å². The number of benzene rings is 2. The summed E-state index contributed by atoms with van der Waals surface area (Å²) in [6.07, 6.45) is -0.470. The fourth-order valence-corrected chi connectivity index (χ4v) is 4.57. The molecule has 2 rings (SSSR count). The van der Waals surface area contributed by atoms with Gasteiger partial charge in [0.2, 0.25) is 17.7 Å². The first-order chi connectivity index (χ1) is 19.0. The Kier molecular flexibility index (Phi) is 11.5. The van der Waals surface area contributed by atoms with E-state index >= 15 is 0 Å². The van der Waals surface area contributed by atoms with Crippen LogP contribution in [-0.2, 0) is 25.7 Å². The molecular weight excluding hydrogens is 520 g/mol. The molecule has 2 aromatic rings. The van der Waals surface area contributed by atoms with Crippen LogP contribution in [0.4, 0.5) is 4.79 Å². The van der Waals surface area contributed by atoms with Crippen molar-refractivity contribution in [1.29, 1.82) is 0 Å². The van der Waals surface area contributed by atoms with Crippen molar-refractivity contribution < 1.29 is 23.9 Å². The molecule has 2 aromatic carbocycles. The zero-order valence-electron chi connectivity index (χ0n) is 25.7. The molecule has 0 aliphatic heterocycles. The average molecular weight is 567 g/mol. The quantitative estimate of drug-likeness (QED) is 0.339. The summed E-state index contributed by atoms with van der Waals surface area (Å²) in [6, 6.07) is 13.1. The van der Waals surface area contributed by atoms with Gasteiger partial charge in [0.25, 0.3) is 0 Å². The fraction of sp³-hybridized carbons (Fsp3) is 0.500. The van der Waals surface area contributed by atoms with Gasteiger partial charge < -0.3 is 26.0 Å². The highest BCUT2D eigenvalue weighted by atomic mass is 16.6. The van der Waals surface area contributed by atoms with Gasteiger partial charge in [0.05, 0.1) is 0 Å². The van der Waals surface area contributed by atoms with E-state index < -0.39 is 41.1 Å². The van der Waals surface area contributed by atoms with Gasteiger partial charge in [0, 0.05) is 18.5 Å². The second-order valence-electron chi connectivity index (χ2n) is 12.1. The number of aryl methyl sites for hydroxylation is 2. The highest BCUT2D eigenvalue weighted by molar-refractivity contribution is 5.93. The first-order valence-electron chi connectivity index (χ1n) is 14.0. The van der Waals surface area contributed by atoms with Gasteiger partial charge in [-0.2, -0.15) is 0 Å². The van der Waals surface area contributed by atoms with Crippen LogP contribution < -0.4 is 16.4 Å². The average Bonchev–Trinajstić information content (AvgIpc) is 2.86. The molecule has 41 heavy (non-hydrogen) atoms. The summed E-state index contributed by atoms with van der Waals surface area (Å²) in [4.78, 5) is 54.5. The Morgan fingerprint density at radius 1 is 0.951 bits per heavy atom. The van der Waals surface area contributed by atoms with Gasteiger partial charge in [-0.25, -0.2) is 4.79 Å². The monoisotopic (exact) mass is 566 g/mol. The van der Waals surface area contributed by atoms with Crippen molar-refractivity contribution in [3.8, 4) is 0 Å². The molecule has 0 aliphatic carbocycles. The van der Waals surface area contributed by atoms with E-state index in [-0.39, 0.29) is 25.3 Å². The first kappa shape index (κ1) is 33.3. The number of nitrogens with zero attached hydrogens (tertiary/aromatic N) is 1. The summed E-state index contributed by atoms with van der Waals surface area (Å²) in [5, 5.41) is 5.65. The predicted molar refractivity (Wildman–Crippen MR) is 160 cm³/mol. The third kappa shape index (κ3) is 10.2. The lowest BCUT2D eigenvalue weighted by atomic mass is 9.90. The molecule has 4 N–H and O–H groups in total. The number of primary amides is 1. The number of amides is 4. The summed E-state index contributed by atoms with van der Waals surface area (Å²) < 4.78 is 5.41. The molecule has 224 valence electrons. The Labute approximate surface area is 244 Å². The van der Waals surface area contributed by atoms with Crippen LogP contribution in [0.3, 0.4) is 0 Å². The van der Waals surface area contributed by atoms with Gasteiger partial charge in [0.1, 0.15) is 17.7 Å². The van der Waals surface area contributed by atoms with E-state index in [0.717, 1.165) is 16.7 Å². The zero-order valence-corrected chi connectivity index (χ0v) is 25.7. The third-order valence-corrected chi connectivity index (χ3v) is 6.80. The van der Waals surface area contributed by atoms with Crippen LogP contribution >= 0.6 is 0 Å². The molecule has 0 aliphatic rings. The van der Waals surface area contributed by atoms with Crippen LogP contribution in [0, 0.1) is 13.8 Å². The van der Waals surface area contributed by atoms with Crippen molar-refractivity contribution in [3.05, 3.63) is 70.8 Å². The third-order valence-electron chi connectivity index (χ3n) is 6.80. The number of hydrogen-bond donors (Lipinski definition) is 3. The number of carbonyl (C=O) groups excluding carboxylic acids is 4. The molecule has 0 fully saturated rings. The lowest BCUT2D eigenvalue weighted by molar-refractivity contribution is -0.149. The molecule has 4 amide bonds. The smallest absolute Gasteiger partial charge is 0.408 e. The number of hydrogen-bond acceptors (Lipinski definition) is 5. The fourth-order valence-electron chi connectivity index (χ4n) is 4.57. The molecule has 0 saturated heterocycles. The zero-order chi connectivity index (χ0) is 31.0. The molecule has 0 heterocycles. The minimum Gasteiger partial charge on any atom is -0.444 e. The van der Waals surface area contributed by atoms with Crippen LogP contribution in [0.15, 0.2) is 48.5 Å². The maximum absolute atomic E-state index is 14.4. The number of carbonyl (C=O) groups is 4.